The molecule has 0 aliphatic carbocycles. The highest BCUT2D eigenvalue weighted by atomic mass is 14.8. The Kier molecular flexibility index (Phi) is 6.53. The Morgan fingerprint density at radius 1 is 0.260 bits per heavy atom. The third kappa shape index (κ3) is 4.65. The summed E-state index contributed by atoms with van der Waals surface area (Å²) in [6.07, 6.45) is 0. The van der Waals surface area contributed by atoms with Gasteiger partial charge in [0, 0.05) is 21.9 Å². The molecule has 0 spiro atoms. The van der Waals surface area contributed by atoms with Gasteiger partial charge >= 0.3 is 0 Å². The van der Waals surface area contributed by atoms with Gasteiger partial charge in [0.1, 0.15) is 0 Å². The minimum Gasteiger partial charge on any atom is -0.245 e. The fourth-order valence-corrected chi connectivity index (χ4v) is 7.61. The lowest BCUT2D eigenvalue weighted by molar-refractivity contribution is 1.37. The molecule has 2 heterocycles. The first kappa shape index (κ1) is 28.4. The Labute approximate surface area is 290 Å². The highest BCUT2D eigenvalue weighted by Crippen LogP contribution is 2.40. The van der Waals surface area contributed by atoms with Gasteiger partial charge in [-0.05, 0) is 78.8 Å². The molecular formula is C48H30N2. The second-order valence-corrected chi connectivity index (χ2v) is 12.9. The molecule has 0 unspecified atom stereocenters. The molecule has 0 radical (unpaired) electrons. The second kappa shape index (κ2) is 11.5. The molecule has 2 nitrogen and oxygen atoms in total. The largest absolute Gasteiger partial charge is 0.245 e. The molecular weight excluding hydrogens is 605 g/mol. The van der Waals surface area contributed by atoms with Crippen molar-refractivity contribution in [3.8, 4) is 44.8 Å². The summed E-state index contributed by atoms with van der Waals surface area (Å²) in [5.74, 6) is 0. The fourth-order valence-electron chi connectivity index (χ4n) is 7.61. The predicted molar refractivity (Wildman–Crippen MR) is 211 cm³/mol. The number of nitrogens with zero attached hydrogens (tertiary/aromatic N) is 2. The van der Waals surface area contributed by atoms with Crippen molar-refractivity contribution in [2.45, 2.75) is 0 Å². The first-order valence-corrected chi connectivity index (χ1v) is 17.1. The van der Waals surface area contributed by atoms with E-state index in [1.54, 1.807) is 0 Å². The third-order valence-corrected chi connectivity index (χ3v) is 10.0. The summed E-state index contributed by atoms with van der Waals surface area (Å²) >= 11 is 0. The quantitative estimate of drug-likeness (QED) is 0.180. The van der Waals surface area contributed by atoms with Gasteiger partial charge in [0.05, 0.1) is 22.4 Å². The van der Waals surface area contributed by atoms with Crippen LogP contribution >= 0.6 is 0 Å². The van der Waals surface area contributed by atoms with Crippen molar-refractivity contribution in [2.75, 3.05) is 0 Å². The predicted octanol–water partition coefficient (Wildman–Crippen LogP) is 12.9. The Hall–Kier alpha value is -6.64. The van der Waals surface area contributed by atoms with Gasteiger partial charge in [0.15, 0.2) is 0 Å². The van der Waals surface area contributed by atoms with Crippen molar-refractivity contribution in [1.29, 1.82) is 0 Å². The lowest BCUT2D eigenvalue weighted by Crippen LogP contribution is -1.92. The van der Waals surface area contributed by atoms with E-state index < -0.39 is 0 Å². The smallest absolute Gasteiger partial charge is 0.0972 e. The zero-order valence-electron chi connectivity index (χ0n) is 27.2. The number of benzene rings is 8. The fraction of sp³-hybridized carbons (Fsp3) is 0. The molecule has 0 amide bonds. The van der Waals surface area contributed by atoms with Gasteiger partial charge in [0.25, 0.3) is 0 Å². The van der Waals surface area contributed by atoms with Crippen LogP contribution in [0, 0.1) is 0 Å². The minimum absolute atomic E-state index is 0.918. The van der Waals surface area contributed by atoms with Gasteiger partial charge in [-0.3, -0.25) is 0 Å². The SMILES string of the molecule is c1ccc(-c2ccc3ccc4ccc(-c5ccc(-c6cccc(-c7cc8ccccc8c8ccccc78)c6)c6ccccc56)nc4c3n2)cc1. The summed E-state index contributed by atoms with van der Waals surface area (Å²) in [6, 6.07) is 65.1. The van der Waals surface area contributed by atoms with Crippen molar-refractivity contribution in [1.82, 2.24) is 9.97 Å². The molecule has 50 heavy (non-hydrogen) atoms. The monoisotopic (exact) mass is 634 g/mol. The first-order chi connectivity index (χ1) is 24.8. The zero-order valence-corrected chi connectivity index (χ0v) is 27.2. The van der Waals surface area contributed by atoms with Crippen molar-refractivity contribution in [3.05, 3.63) is 182 Å². The highest BCUT2D eigenvalue weighted by Gasteiger charge is 2.15. The van der Waals surface area contributed by atoms with Gasteiger partial charge in [-0.1, -0.05) is 158 Å². The maximum absolute atomic E-state index is 5.31. The van der Waals surface area contributed by atoms with Gasteiger partial charge < -0.3 is 0 Å². The van der Waals surface area contributed by atoms with Gasteiger partial charge in [-0.15, -0.1) is 0 Å². The topological polar surface area (TPSA) is 25.8 Å². The Morgan fingerprint density at radius 2 is 0.760 bits per heavy atom. The maximum atomic E-state index is 5.31. The van der Waals surface area contributed by atoms with Crippen molar-refractivity contribution in [3.63, 3.8) is 0 Å². The van der Waals surface area contributed by atoms with E-state index in [1.807, 2.05) is 6.07 Å². The molecule has 10 rings (SSSR count). The molecule has 0 fully saturated rings. The summed E-state index contributed by atoms with van der Waals surface area (Å²) in [7, 11) is 0. The number of fused-ring (bicyclic) bond motifs is 7. The summed E-state index contributed by atoms with van der Waals surface area (Å²) in [5.41, 5.74) is 10.8. The van der Waals surface area contributed by atoms with Crippen LogP contribution in [0.5, 0.6) is 0 Å². The van der Waals surface area contributed by atoms with Crippen LogP contribution in [0.15, 0.2) is 182 Å². The van der Waals surface area contributed by atoms with E-state index in [4.69, 9.17) is 9.97 Å². The van der Waals surface area contributed by atoms with E-state index in [-0.39, 0.29) is 0 Å². The van der Waals surface area contributed by atoms with Gasteiger partial charge in [-0.2, -0.15) is 0 Å². The number of pyridine rings is 2. The van der Waals surface area contributed by atoms with Crippen LogP contribution in [0.4, 0.5) is 0 Å². The normalized spacial score (nSPS) is 11.6. The van der Waals surface area contributed by atoms with Crippen LogP contribution in [-0.4, -0.2) is 9.97 Å². The average Bonchev–Trinajstić information content (AvgIpc) is 3.20. The van der Waals surface area contributed by atoms with E-state index in [2.05, 4.69) is 176 Å². The standard InChI is InChI=1S/C48H30N2/c1-2-11-31(12-3-1)45-27-23-32-21-22-33-24-28-46(50-48(33)47(32)49-45)43-26-25-38(40-18-6-8-19-41(40)43)34-14-10-15-35(29-34)44-30-36-13-4-5-16-37(36)39-17-7-9-20-42(39)44/h1-30H. The lowest BCUT2D eigenvalue weighted by Gasteiger charge is -2.15. The molecule has 0 saturated carbocycles. The van der Waals surface area contributed by atoms with Crippen LogP contribution in [0.1, 0.15) is 0 Å². The van der Waals surface area contributed by atoms with Gasteiger partial charge in [-0.25, -0.2) is 9.97 Å². The lowest BCUT2D eigenvalue weighted by atomic mass is 9.90. The van der Waals surface area contributed by atoms with E-state index in [0.717, 1.165) is 44.3 Å². The third-order valence-electron chi connectivity index (χ3n) is 10.0. The zero-order chi connectivity index (χ0) is 33.0. The van der Waals surface area contributed by atoms with Crippen molar-refractivity contribution < 1.29 is 0 Å². The molecule has 0 aliphatic heterocycles. The molecule has 10 aromatic rings. The number of rotatable bonds is 4. The molecule has 2 aromatic heterocycles. The van der Waals surface area contributed by atoms with E-state index >= 15 is 0 Å². The molecule has 2 heteroatoms. The second-order valence-electron chi connectivity index (χ2n) is 12.9. The molecule has 0 aliphatic rings. The summed E-state index contributed by atoms with van der Waals surface area (Å²) < 4.78 is 0. The molecule has 0 N–H and O–H groups in total. The summed E-state index contributed by atoms with van der Waals surface area (Å²) in [6.45, 7) is 0. The molecule has 8 aromatic carbocycles. The van der Waals surface area contributed by atoms with Crippen molar-refractivity contribution in [2.24, 2.45) is 0 Å². The molecule has 0 saturated heterocycles. The van der Waals surface area contributed by atoms with Crippen LogP contribution in [-0.2, 0) is 0 Å². The Bertz CT molecular complexity index is 2920. The molecule has 0 atom stereocenters. The summed E-state index contributed by atoms with van der Waals surface area (Å²) in [4.78, 5) is 10.4. The Morgan fingerprint density at radius 3 is 1.50 bits per heavy atom. The minimum atomic E-state index is 0.918. The van der Waals surface area contributed by atoms with Crippen LogP contribution in [0.2, 0.25) is 0 Å². The Balaban J connectivity index is 1.12. The number of hydrogen-bond acceptors (Lipinski definition) is 2. The summed E-state index contributed by atoms with van der Waals surface area (Å²) in [5, 5.41) is 9.63. The average molecular weight is 635 g/mol. The van der Waals surface area contributed by atoms with Crippen molar-refractivity contribution >= 4 is 54.1 Å². The highest BCUT2D eigenvalue weighted by molar-refractivity contribution is 6.14. The van der Waals surface area contributed by atoms with Crippen LogP contribution in [0.3, 0.4) is 0 Å². The van der Waals surface area contributed by atoms with E-state index in [1.165, 1.54) is 54.6 Å². The van der Waals surface area contributed by atoms with E-state index in [9.17, 15) is 0 Å². The first-order valence-electron chi connectivity index (χ1n) is 17.1. The van der Waals surface area contributed by atoms with Crippen LogP contribution in [0.25, 0.3) is 98.9 Å². The number of hydrogen-bond donors (Lipinski definition) is 0. The maximum Gasteiger partial charge on any atom is 0.0972 e. The molecule has 0 bridgehead atoms. The van der Waals surface area contributed by atoms with Gasteiger partial charge in [0.2, 0.25) is 0 Å². The van der Waals surface area contributed by atoms with E-state index in [0.29, 0.717) is 0 Å². The van der Waals surface area contributed by atoms with Crippen LogP contribution < -0.4 is 0 Å². The molecule has 232 valence electrons. The number of aromatic nitrogens is 2.